The van der Waals surface area contributed by atoms with Crippen molar-refractivity contribution in [2.45, 2.75) is 65.0 Å². The summed E-state index contributed by atoms with van der Waals surface area (Å²) in [7, 11) is 1.75. The summed E-state index contributed by atoms with van der Waals surface area (Å²) in [5, 5.41) is 12.6. The van der Waals surface area contributed by atoms with Gasteiger partial charge in [0.05, 0.1) is 12.7 Å². The number of rotatable bonds is 12. The number of hydrogen-bond donors (Lipinski definition) is 1. The molecule has 0 amide bonds. The van der Waals surface area contributed by atoms with E-state index in [0.717, 1.165) is 39.1 Å². The van der Waals surface area contributed by atoms with Gasteiger partial charge in [0, 0.05) is 19.7 Å². The lowest BCUT2D eigenvalue weighted by Crippen LogP contribution is -2.42. The van der Waals surface area contributed by atoms with Crippen LogP contribution in [0.5, 0.6) is 0 Å². The average molecular weight is 283 g/mol. The molecule has 1 unspecified atom stereocenters. The van der Waals surface area contributed by atoms with Crippen LogP contribution < -0.4 is 5.32 Å². The molecule has 0 fully saturated rings. The first kappa shape index (κ1) is 19.4. The van der Waals surface area contributed by atoms with E-state index in [1.54, 1.807) is 7.11 Å². The third kappa shape index (κ3) is 7.23. The van der Waals surface area contributed by atoms with Crippen molar-refractivity contribution >= 4 is 0 Å². The van der Waals surface area contributed by atoms with Gasteiger partial charge >= 0.3 is 0 Å². The molecule has 0 aromatic heterocycles. The van der Waals surface area contributed by atoms with Gasteiger partial charge in [0.1, 0.15) is 5.54 Å². The fourth-order valence-corrected chi connectivity index (χ4v) is 2.70. The molecule has 0 rings (SSSR count). The van der Waals surface area contributed by atoms with Crippen LogP contribution in [0.3, 0.4) is 0 Å². The number of nitrogens with one attached hydrogen (secondary N) is 1. The molecule has 0 aromatic carbocycles. The predicted octanol–water partition coefficient (Wildman–Crippen LogP) is 2.80. The molecular weight excluding hydrogens is 250 g/mol. The highest BCUT2D eigenvalue weighted by atomic mass is 16.5. The van der Waals surface area contributed by atoms with E-state index in [-0.39, 0.29) is 0 Å². The van der Waals surface area contributed by atoms with E-state index in [9.17, 15) is 5.26 Å². The minimum atomic E-state index is -0.393. The monoisotopic (exact) mass is 283 g/mol. The summed E-state index contributed by atoms with van der Waals surface area (Å²) in [6, 6.07) is 3.02. The third-order valence-corrected chi connectivity index (χ3v) is 3.98. The second kappa shape index (κ2) is 11.1. The van der Waals surface area contributed by atoms with E-state index in [4.69, 9.17) is 4.74 Å². The average Bonchev–Trinajstić information content (AvgIpc) is 2.45. The molecule has 20 heavy (non-hydrogen) atoms. The van der Waals surface area contributed by atoms with Crippen molar-refractivity contribution in [3.05, 3.63) is 0 Å². The minimum absolute atomic E-state index is 0.393. The van der Waals surface area contributed by atoms with Crippen molar-refractivity contribution in [1.82, 2.24) is 10.2 Å². The molecule has 0 aromatic rings. The van der Waals surface area contributed by atoms with Crippen LogP contribution in [0.2, 0.25) is 0 Å². The summed E-state index contributed by atoms with van der Waals surface area (Å²) in [4.78, 5) is 2.51. The second-order valence-corrected chi connectivity index (χ2v) is 5.58. The summed E-state index contributed by atoms with van der Waals surface area (Å²) in [6.07, 6.45) is 4.27. The Kier molecular flexibility index (Phi) is 10.7. The summed E-state index contributed by atoms with van der Waals surface area (Å²) < 4.78 is 5.21. The first-order valence-electron chi connectivity index (χ1n) is 7.96. The molecular formula is C16H33N3O. The predicted molar refractivity (Wildman–Crippen MR) is 84.7 cm³/mol. The number of ether oxygens (including phenoxy) is 1. The molecule has 0 saturated heterocycles. The first-order chi connectivity index (χ1) is 9.56. The molecule has 0 spiro atoms. The quantitative estimate of drug-likeness (QED) is 0.598. The SMILES string of the molecule is CCNC(C)(C#N)CCCN(CCOC)C(CC)CC. The lowest BCUT2D eigenvalue weighted by atomic mass is 9.97. The zero-order valence-electron chi connectivity index (χ0n) is 14.0. The van der Waals surface area contributed by atoms with Gasteiger partial charge in [-0.3, -0.25) is 10.2 Å². The molecule has 0 aliphatic rings. The van der Waals surface area contributed by atoms with E-state index < -0.39 is 5.54 Å². The molecule has 0 heterocycles. The molecule has 0 aliphatic heterocycles. The smallest absolute Gasteiger partial charge is 0.103 e. The van der Waals surface area contributed by atoms with Crippen LogP contribution in [-0.4, -0.2) is 49.8 Å². The van der Waals surface area contributed by atoms with Crippen LogP contribution in [0.15, 0.2) is 0 Å². The highest BCUT2D eigenvalue weighted by molar-refractivity contribution is 5.03. The maximum absolute atomic E-state index is 9.28. The molecule has 0 aliphatic carbocycles. The van der Waals surface area contributed by atoms with E-state index in [1.165, 1.54) is 12.8 Å². The van der Waals surface area contributed by atoms with Gasteiger partial charge in [0.2, 0.25) is 0 Å². The van der Waals surface area contributed by atoms with Crippen molar-refractivity contribution < 1.29 is 4.74 Å². The Morgan fingerprint density at radius 3 is 2.35 bits per heavy atom. The summed E-state index contributed by atoms with van der Waals surface area (Å²) in [5.74, 6) is 0. The fourth-order valence-electron chi connectivity index (χ4n) is 2.70. The summed E-state index contributed by atoms with van der Waals surface area (Å²) in [6.45, 7) is 12.2. The molecule has 118 valence electrons. The van der Waals surface area contributed by atoms with Crippen LogP contribution in [0.4, 0.5) is 0 Å². The Morgan fingerprint density at radius 1 is 1.25 bits per heavy atom. The number of hydrogen-bond acceptors (Lipinski definition) is 4. The Morgan fingerprint density at radius 2 is 1.90 bits per heavy atom. The van der Waals surface area contributed by atoms with Crippen LogP contribution in [-0.2, 0) is 4.74 Å². The molecule has 0 saturated carbocycles. The van der Waals surface area contributed by atoms with Gasteiger partial charge in [-0.15, -0.1) is 0 Å². The normalized spacial score (nSPS) is 14.5. The Bertz CT molecular complexity index is 273. The Labute approximate surface area is 125 Å². The molecule has 1 atom stereocenters. The second-order valence-electron chi connectivity index (χ2n) is 5.58. The van der Waals surface area contributed by atoms with Gasteiger partial charge in [0.25, 0.3) is 0 Å². The maximum Gasteiger partial charge on any atom is 0.103 e. The van der Waals surface area contributed by atoms with Crippen molar-refractivity contribution in [1.29, 1.82) is 5.26 Å². The van der Waals surface area contributed by atoms with Gasteiger partial charge < -0.3 is 4.74 Å². The van der Waals surface area contributed by atoms with Crippen LogP contribution in [0, 0.1) is 11.3 Å². The topological polar surface area (TPSA) is 48.3 Å². The Balaban J connectivity index is 4.34. The van der Waals surface area contributed by atoms with Crippen molar-refractivity contribution in [2.24, 2.45) is 0 Å². The highest BCUT2D eigenvalue weighted by Crippen LogP contribution is 2.14. The maximum atomic E-state index is 9.28. The summed E-state index contributed by atoms with van der Waals surface area (Å²) >= 11 is 0. The van der Waals surface area contributed by atoms with Gasteiger partial charge in [-0.25, -0.2) is 0 Å². The zero-order valence-corrected chi connectivity index (χ0v) is 14.0. The lowest BCUT2D eigenvalue weighted by molar-refractivity contribution is 0.112. The fraction of sp³-hybridized carbons (Fsp3) is 0.938. The largest absolute Gasteiger partial charge is 0.383 e. The molecule has 4 nitrogen and oxygen atoms in total. The molecule has 0 radical (unpaired) electrons. The van der Waals surface area contributed by atoms with Gasteiger partial charge in [-0.05, 0) is 45.7 Å². The minimum Gasteiger partial charge on any atom is -0.383 e. The Hall–Kier alpha value is -0.630. The standard InChI is InChI=1S/C16H33N3O/c1-6-15(7-2)19(12-13-20-5)11-9-10-16(4,14-17)18-8-3/h15,18H,6-13H2,1-5H3. The van der Waals surface area contributed by atoms with Crippen LogP contribution in [0.25, 0.3) is 0 Å². The third-order valence-electron chi connectivity index (χ3n) is 3.98. The lowest BCUT2D eigenvalue weighted by Gasteiger charge is -2.31. The van der Waals surface area contributed by atoms with Crippen molar-refractivity contribution in [3.8, 4) is 6.07 Å². The molecule has 0 bridgehead atoms. The van der Waals surface area contributed by atoms with Crippen molar-refractivity contribution in [3.63, 3.8) is 0 Å². The van der Waals surface area contributed by atoms with E-state index in [0.29, 0.717) is 6.04 Å². The zero-order chi connectivity index (χ0) is 15.4. The number of methoxy groups -OCH3 is 1. The van der Waals surface area contributed by atoms with E-state index in [2.05, 4.69) is 30.1 Å². The van der Waals surface area contributed by atoms with Gasteiger partial charge in [-0.2, -0.15) is 5.26 Å². The number of nitrogens with zero attached hydrogens (tertiary/aromatic N) is 2. The van der Waals surface area contributed by atoms with Crippen LogP contribution >= 0.6 is 0 Å². The van der Waals surface area contributed by atoms with Gasteiger partial charge in [-0.1, -0.05) is 20.8 Å². The number of nitriles is 1. The van der Waals surface area contributed by atoms with Gasteiger partial charge in [0.15, 0.2) is 0 Å². The summed E-state index contributed by atoms with van der Waals surface area (Å²) in [5.41, 5.74) is -0.393. The highest BCUT2D eigenvalue weighted by Gasteiger charge is 2.23. The van der Waals surface area contributed by atoms with Crippen LogP contribution in [0.1, 0.15) is 53.4 Å². The first-order valence-corrected chi connectivity index (χ1v) is 7.96. The van der Waals surface area contributed by atoms with E-state index >= 15 is 0 Å². The van der Waals surface area contributed by atoms with Crippen molar-refractivity contribution in [2.75, 3.05) is 33.4 Å². The molecule has 1 N–H and O–H groups in total. The molecule has 4 heteroatoms. The van der Waals surface area contributed by atoms with E-state index in [1.807, 2.05) is 13.8 Å².